The van der Waals surface area contributed by atoms with Crippen molar-refractivity contribution in [1.82, 2.24) is 0 Å². The Morgan fingerprint density at radius 2 is 2.05 bits per heavy atom. The molecule has 1 amide bonds. The number of amides is 1. The van der Waals surface area contributed by atoms with Crippen LogP contribution in [-0.4, -0.2) is 5.91 Å². The molecular formula is C16H24N2O. The fraction of sp³-hybridized carbons (Fsp3) is 0.562. The van der Waals surface area contributed by atoms with E-state index in [1.807, 2.05) is 12.1 Å². The lowest BCUT2D eigenvalue weighted by atomic mass is 9.98. The van der Waals surface area contributed by atoms with E-state index in [0.717, 1.165) is 23.2 Å². The Kier molecular flexibility index (Phi) is 4.97. The first-order valence-electron chi connectivity index (χ1n) is 7.39. The highest BCUT2D eigenvalue weighted by Crippen LogP contribution is 2.27. The zero-order valence-corrected chi connectivity index (χ0v) is 11.7. The number of nitrogens with one attached hydrogen (secondary N) is 1. The van der Waals surface area contributed by atoms with Gasteiger partial charge in [-0.25, -0.2) is 0 Å². The van der Waals surface area contributed by atoms with E-state index in [0.29, 0.717) is 6.42 Å². The number of hydrogen-bond donors (Lipinski definition) is 2. The van der Waals surface area contributed by atoms with Crippen LogP contribution in [0.25, 0.3) is 0 Å². The Balaban J connectivity index is 1.84. The third-order valence-electron chi connectivity index (χ3n) is 3.80. The minimum Gasteiger partial charge on any atom is -0.326 e. The first kappa shape index (κ1) is 14.1. The number of rotatable bonds is 7. The molecule has 0 saturated heterocycles. The van der Waals surface area contributed by atoms with E-state index in [4.69, 9.17) is 5.73 Å². The van der Waals surface area contributed by atoms with Crippen molar-refractivity contribution in [1.29, 1.82) is 0 Å². The summed E-state index contributed by atoms with van der Waals surface area (Å²) >= 11 is 0. The highest BCUT2D eigenvalue weighted by atomic mass is 16.1. The molecule has 1 atom stereocenters. The number of anilines is 1. The van der Waals surface area contributed by atoms with Crippen LogP contribution in [0.5, 0.6) is 0 Å². The highest BCUT2D eigenvalue weighted by Gasteiger charge is 2.18. The second-order valence-electron chi connectivity index (χ2n) is 5.45. The number of hydrogen-bond acceptors (Lipinski definition) is 2. The van der Waals surface area contributed by atoms with Crippen molar-refractivity contribution in [3.05, 3.63) is 29.3 Å². The van der Waals surface area contributed by atoms with Gasteiger partial charge in [0, 0.05) is 11.7 Å². The molecule has 3 heteroatoms. The molecular weight excluding hydrogens is 236 g/mol. The lowest BCUT2D eigenvalue weighted by Crippen LogP contribution is -2.10. The van der Waals surface area contributed by atoms with Gasteiger partial charge in [0.1, 0.15) is 0 Å². The van der Waals surface area contributed by atoms with Crippen LogP contribution in [0.2, 0.25) is 0 Å². The number of benzene rings is 1. The summed E-state index contributed by atoms with van der Waals surface area (Å²) in [6, 6.07) is 6.21. The fourth-order valence-electron chi connectivity index (χ4n) is 2.61. The number of carbonyl (C=O) groups excluding carboxylic acids is 1. The van der Waals surface area contributed by atoms with Gasteiger partial charge in [0.15, 0.2) is 0 Å². The maximum Gasteiger partial charge on any atom is 0.228 e. The van der Waals surface area contributed by atoms with Crippen LogP contribution in [-0.2, 0) is 11.2 Å². The monoisotopic (exact) mass is 260 g/mol. The van der Waals surface area contributed by atoms with E-state index in [1.165, 1.54) is 32.1 Å². The molecule has 3 N–H and O–H groups in total. The van der Waals surface area contributed by atoms with Crippen molar-refractivity contribution in [3.8, 4) is 0 Å². The van der Waals surface area contributed by atoms with Crippen LogP contribution in [0.4, 0.5) is 5.69 Å². The Labute approximate surface area is 115 Å². The molecule has 1 aromatic rings. The van der Waals surface area contributed by atoms with Crippen molar-refractivity contribution >= 4 is 11.6 Å². The molecule has 0 spiro atoms. The highest BCUT2D eigenvalue weighted by molar-refractivity contribution is 5.99. The molecule has 0 aliphatic carbocycles. The zero-order chi connectivity index (χ0) is 13.7. The Hall–Kier alpha value is -1.35. The number of nitrogens with two attached hydrogens (primary N) is 1. The molecule has 0 aromatic heterocycles. The average Bonchev–Trinajstić information content (AvgIpc) is 2.77. The van der Waals surface area contributed by atoms with Gasteiger partial charge in [-0.1, -0.05) is 51.2 Å². The van der Waals surface area contributed by atoms with E-state index in [9.17, 15) is 4.79 Å². The van der Waals surface area contributed by atoms with Gasteiger partial charge in [-0.3, -0.25) is 4.79 Å². The summed E-state index contributed by atoms with van der Waals surface area (Å²) in [5, 5.41) is 2.85. The van der Waals surface area contributed by atoms with Gasteiger partial charge in [0.2, 0.25) is 5.91 Å². The summed E-state index contributed by atoms with van der Waals surface area (Å²) in [6.45, 7) is 2.23. The summed E-state index contributed by atoms with van der Waals surface area (Å²) in [4.78, 5) is 11.3. The third-order valence-corrected chi connectivity index (χ3v) is 3.80. The van der Waals surface area contributed by atoms with Crippen molar-refractivity contribution in [2.75, 3.05) is 5.32 Å². The standard InChI is InChI=1S/C16H24N2O/c1-2-3-4-5-6-7-14(17)12-8-9-15-13(10-12)11-16(19)18-15/h8-10,14H,2-7,11,17H2,1H3,(H,18,19). The summed E-state index contributed by atoms with van der Waals surface area (Å²) in [5.41, 5.74) is 9.43. The number of carbonyl (C=O) groups is 1. The first-order valence-corrected chi connectivity index (χ1v) is 7.39. The molecule has 1 aliphatic heterocycles. The fourth-order valence-corrected chi connectivity index (χ4v) is 2.61. The molecule has 3 nitrogen and oxygen atoms in total. The summed E-state index contributed by atoms with van der Waals surface area (Å²) < 4.78 is 0. The minimum atomic E-state index is 0.0836. The van der Waals surface area contributed by atoms with Crippen LogP contribution in [0, 0.1) is 0 Å². The van der Waals surface area contributed by atoms with Crippen molar-refractivity contribution in [2.24, 2.45) is 5.73 Å². The zero-order valence-electron chi connectivity index (χ0n) is 11.7. The number of unbranched alkanes of at least 4 members (excludes halogenated alkanes) is 4. The minimum absolute atomic E-state index is 0.0836. The van der Waals surface area contributed by atoms with Gasteiger partial charge in [0.25, 0.3) is 0 Å². The summed E-state index contributed by atoms with van der Waals surface area (Å²) in [6.07, 6.45) is 7.89. The maximum absolute atomic E-state index is 11.3. The smallest absolute Gasteiger partial charge is 0.228 e. The Morgan fingerprint density at radius 3 is 2.84 bits per heavy atom. The van der Waals surface area contributed by atoms with Crippen LogP contribution in [0.15, 0.2) is 18.2 Å². The molecule has 104 valence electrons. The molecule has 19 heavy (non-hydrogen) atoms. The predicted molar refractivity (Wildman–Crippen MR) is 79.1 cm³/mol. The summed E-state index contributed by atoms with van der Waals surface area (Å²) in [5.74, 6) is 0.0836. The lowest BCUT2D eigenvalue weighted by Gasteiger charge is -2.13. The second kappa shape index (κ2) is 6.71. The van der Waals surface area contributed by atoms with Crippen LogP contribution in [0.3, 0.4) is 0 Å². The molecule has 1 unspecified atom stereocenters. The molecule has 0 fully saturated rings. The maximum atomic E-state index is 11.3. The van der Waals surface area contributed by atoms with Crippen LogP contribution in [0.1, 0.15) is 62.6 Å². The van der Waals surface area contributed by atoms with Gasteiger partial charge < -0.3 is 11.1 Å². The Morgan fingerprint density at radius 1 is 1.26 bits per heavy atom. The topological polar surface area (TPSA) is 55.1 Å². The summed E-state index contributed by atoms with van der Waals surface area (Å²) in [7, 11) is 0. The van der Waals surface area contributed by atoms with E-state index in [1.54, 1.807) is 0 Å². The van der Waals surface area contributed by atoms with Crippen molar-refractivity contribution in [3.63, 3.8) is 0 Å². The molecule has 1 heterocycles. The van der Waals surface area contributed by atoms with Gasteiger partial charge in [0.05, 0.1) is 6.42 Å². The largest absolute Gasteiger partial charge is 0.326 e. The van der Waals surface area contributed by atoms with E-state index in [-0.39, 0.29) is 11.9 Å². The van der Waals surface area contributed by atoms with E-state index < -0.39 is 0 Å². The molecule has 0 bridgehead atoms. The second-order valence-corrected chi connectivity index (χ2v) is 5.45. The number of fused-ring (bicyclic) bond motifs is 1. The third kappa shape index (κ3) is 3.80. The predicted octanol–water partition coefficient (Wildman–Crippen LogP) is 3.54. The average molecular weight is 260 g/mol. The van der Waals surface area contributed by atoms with Crippen molar-refractivity contribution in [2.45, 2.75) is 57.9 Å². The first-order chi connectivity index (χ1) is 9.20. The molecule has 1 aliphatic rings. The van der Waals surface area contributed by atoms with Crippen LogP contribution < -0.4 is 11.1 Å². The molecule has 0 saturated carbocycles. The normalized spacial score (nSPS) is 15.2. The SMILES string of the molecule is CCCCCCCC(N)c1ccc2c(c1)CC(=O)N2. The molecule has 0 radical (unpaired) electrons. The molecule has 2 rings (SSSR count). The quantitative estimate of drug-likeness (QED) is 0.737. The lowest BCUT2D eigenvalue weighted by molar-refractivity contribution is -0.115. The van der Waals surface area contributed by atoms with E-state index in [2.05, 4.69) is 18.3 Å². The van der Waals surface area contributed by atoms with Gasteiger partial charge in [-0.05, 0) is 23.6 Å². The van der Waals surface area contributed by atoms with Crippen molar-refractivity contribution < 1.29 is 4.79 Å². The van der Waals surface area contributed by atoms with Gasteiger partial charge in [-0.15, -0.1) is 0 Å². The molecule has 1 aromatic carbocycles. The van der Waals surface area contributed by atoms with Gasteiger partial charge >= 0.3 is 0 Å². The van der Waals surface area contributed by atoms with E-state index >= 15 is 0 Å². The van der Waals surface area contributed by atoms with Gasteiger partial charge in [-0.2, -0.15) is 0 Å². The Bertz CT molecular complexity index is 442. The van der Waals surface area contributed by atoms with Crippen LogP contribution >= 0.6 is 0 Å².